The number of benzene rings is 2. The Morgan fingerprint density at radius 3 is 2.14 bits per heavy atom. The lowest BCUT2D eigenvalue weighted by atomic mass is 9.93. The Labute approximate surface area is 129 Å². The number of rotatable bonds is 3. The van der Waals surface area contributed by atoms with Crippen LogP contribution in [0.1, 0.15) is 47.0 Å². The van der Waals surface area contributed by atoms with Gasteiger partial charge in [0.25, 0.3) is 5.24 Å². The summed E-state index contributed by atoms with van der Waals surface area (Å²) in [7, 11) is 0. The SMILES string of the molecule is O=C(Cl)c1ccccc1C(=O)c1cccc2c1C(=O)OC2=O. The first kappa shape index (κ1) is 14.2. The number of carbonyl (C=O) groups is 4. The highest BCUT2D eigenvalue weighted by Gasteiger charge is 2.34. The largest absolute Gasteiger partial charge is 0.386 e. The molecule has 0 saturated carbocycles. The molecule has 0 saturated heterocycles. The molecule has 108 valence electrons. The molecule has 0 radical (unpaired) electrons. The molecule has 1 aliphatic rings. The molecule has 0 amide bonds. The van der Waals surface area contributed by atoms with E-state index in [1.807, 2.05) is 0 Å². The quantitative estimate of drug-likeness (QED) is 0.376. The summed E-state index contributed by atoms with van der Waals surface area (Å²) in [6.45, 7) is 0. The smallest absolute Gasteiger partial charge is 0.347 e. The van der Waals surface area contributed by atoms with Crippen molar-refractivity contribution in [3.05, 3.63) is 70.3 Å². The van der Waals surface area contributed by atoms with Crippen LogP contribution in [0.5, 0.6) is 0 Å². The molecule has 2 aromatic rings. The molecule has 0 atom stereocenters. The number of fused-ring (bicyclic) bond motifs is 1. The molecule has 0 aromatic heterocycles. The zero-order chi connectivity index (χ0) is 15.9. The minimum absolute atomic E-state index is 0.00119. The van der Waals surface area contributed by atoms with Crippen molar-refractivity contribution in [3.63, 3.8) is 0 Å². The van der Waals surface area contributed by atoms with E-state index in [2.05, 4.69) is 4.74 Å². The number of hydrogen-bond acceptors (Lipinski definition) is 5. The summed E-state index contributed by atoms with van der Waals surface area (Å²) < 4.78 is 4.51. The van der Waals surface area contributed by atoms with Crippen molar-refractivity contribution in [2.75, 3.05) is 0 Å². The molecule has 2 aromatic carbocycles. The fourth-order valence-corrected chi connectivity index (χ4v) is 2.48. The van der Waals surface area contributed by atoms with Crippen LogP contribution in [0.4, 0.5) is 0 Å². The van der Waals surface area contributed by atoms with Crippen LogP contribution in [-0.2, 0) is 4.74 Å². The molecule has 1 aliphatic heterocycles. The minimum Gasteiger partial charge on any atom is -0.386 e. The summed E-state index contributed by atoms with van der Waals surface area (Å²) in [6.07, 6.45) is 0. The second-order valence-electron chi connectivity index (χ2n) is 4.55. The van der Waals surface area contributed by atoms with Crippen LogP contribution in [0.25, 0.3) is 0 Å². The van der Waals surface area contributed by atoms with Crippen LogP contribution >= 0.6 is 11.6 Å². The Kier molecular flexibility index (Phi) is 3.35. The summed E-state index contributed by atoms with van der Waals surface area (Å²) in [5, 5.41) is -0.782. The van der Waals surface area contributed by atoms with Gasteiger partial charge in [-0.3, -0.25) is 9.59 Å². The number of hydrogen-bond donors (Lipinski definition) is 0. The number of halogens is 1. The van der Waals surface area contributed by atoms with E-state index in [1.165, 1.54) is 30.3 Å². The molecular weight excluding hydrogens is 308 g/mol. The maximum absolute atomic E-state index is 12.7. The molecule has 0 unspecified atom stereocenters. The van der Waals surface area contributed by atoms with E-state index in [0.717, 1.165) is 0 Å². The predicted molar refractivity (Wildman–Crippen MR) is 76.2 cm³/mol. The first-order valence-electron chi connectivity index (χ1n) is 6.24. The van der Waals surface area contributed by atoms with E-state index in [9.17, 15) is 19.2 Å². The Bertz CT molecular complexity index is 853. The summed E-state index contributed by atoms with van der Waals surface area (Å²) in [5.74, 6) is -2.25. The summed E-state index contributed by atoms with van der Waals surface area (Å²) >= 11 is 5.47. The third-order valence-corrected chi connectivity index (χ3v) is 3.51. The summed E-state index contributed by atoms with van der Waals surface area (Å²) in [4.78, 5) is 47.4. The zero-order valence-corrected chi connectivity index (χ0v) is 11.7. The Morgan fingerprint density at radius 1 is 0.818 bits per heavy atom. The minimum atomic E-state index is -0.876. The van der Waals surface area contributed by atoms with Gasteiger partial charge in [-0.1, -0.05) is 30.3 Å². The molecule has 6 heteroatoms. The lowest BCUT2D eigenvalue weighted by Crippen LogP contribution is -2.11. The zero-order valence-electron chi connectivity index (χ0n) is 11.0. The van der Waals surface area contributed by atoms with Crippen molar-refractivity contribution in [1.82, 2.24) is 0 Å². The first-order chi connectivity index (χ1) is 10.5. The van der Waals surface area contributed by atoms with Gasteiger partial charge in [-0.15, -0.1) is 0 Å². The van der Waals surface area contributed by atoms with Gasteiger partial charge in [0.1, 0.15) is 0 Å². The highest BCUT2D eigenvalue weighted by molar-refractivity contribution is 6.68. The number of carbonyl (C=O) groups excluding carboxylic acids is 4. The number of cyclic esters (lactones) is 2. The molecule has 0 spiro atoms. The van der Waals surface area contributed by atoms with Gasteiger partial charge >= 0.3 is 11.9 Å². The predicted octanol–water partition coefficient (Wildman–Crippen LogP) is 2.61. The first-order valence-corrected chi connectivity index (χ1v) is 6.61. The molecule has 22 heavy (non-hydrogen) atoms. The van der Waals surface area contributed by atoms with Gasteiger partial charge in [0, 0.05) is 16.7 Å². The van der Waals surface area contributed by atoms with Crippen LogP contribution in [0.15, 0.2) is 42.5 Å². The topological polar surface area (TPSA) is 77.5 Å². The Morgan fingerprint density at radius 2 is 1.45 bits per heavy atom. The van der Waals surface area contributed by atoms with E-state index < -0.39 is 23.0 Å². The van der Waals surface area contributed by atoms with Crippen LogP contribution < -0.4 is 0 Å². The fourth-order valence-electron chi connectivity index (χ4n) is 2.32. The molecule has 0 bridgehead atoms. The van der Waals surface area contributed by atoms with E-state index in [1.54, 1.807) is 12.1 Å². The maximum Gasteiger partial charge on any atom is 0.347 e. The van der Waals surface area contributed by atoms with Crippen LogP contribution in [0.3, 0.4) is 0 Å². The molecule has 5 nitrogen and oxygen atoms in total. The second kappa shape index (κ2) is 5.20. The second-order valence-corrected chi connectivity index (χ2v) is 4.90. The fraction of sp³-hybridized carbons (Fsp3) is 0. The van der Waals surface area contributed by atoms with Crippen LogP contribution in [0.2, 0.25) is 0 Å². The lowest BCUT2D eigenvalue weighted by molar-refractivity contribution is 0.0442. The number of ether oxygens (including phenoxy) is 1. The maximum atomic E-state index is 12.7. The standard InChI is InChI=1S/C16H7ClO5/c17-14(19)9-5-2-1-4-8(9)13(18)10-6-3-7-11-12(10)16(21)22-15(11)20/h1-7H. The van der Waals surface area contributed by atoms with Gasteiger partial charge in [-0.25, -0.2) is 9.59 Å². The van der Waals surface area contributed by atoms with Gasteiger partial charge in [0.05, 0.1) is 11.1 Å². The summed E-state index contributed by atoms with van der Waals surface area (Å²) in [5.41, 5.74) is 0.0334. The third-order valence-electron chi connectivity index (χ3n) is 3.30. The van der Waals surface area contributed by atoms with E-state index in [4.69, 9.17) is 11.6 Å². The van der Waals surface area contributed by atoms with Gasteiger partial charge in [-0.2, -0.15) is 0 Å². The highest BCUT2D eigenvalue weighted by Crippen LogP contribution is 2.26. The Hall–Kier alpha value is -2.79. The van der Waals surface area contributed by atoms with E-state index in [0.29, 0.717) is 0 Å². The third kappa shape index (κ3) is 2.12. The van der Waals surface area contributed by atoms with Gasteiger partial charge in [-0.05, 0) is 23.7 Å². The van der Waals surface area contributed by atoms with Crippen molar-refractivity contribution >= 4 is 34.6 Å². The molecule has 0 N–H and O–H groups in total. The summed E-state index contributed by atoms with van der Waals surface area (Å²) in [6, 6.07) is 10.3. The normalized spacial score (nSPS) is 12.8. The monoisotopic (exact) mass is 314 g/mol. The van der Waals surface area contributed by atoms with Crippen molar-refractivity contribution in [2.24, 2.45) is 0 Å². The van der Waals surface area contributed by atoms with Crippen LogP contribution in [0, 0.1) is 0 Å². The van der Waals surface area contributed by atoms with Crippen molar-refractivity contribution < 1.29 is 23.9 Å². The average molecular weight is 315 g/mol. The van der Waals surface area contributed by atoms with Crippen molar-refractivity contribution in [3.8, 4) is 0 Å². The van der Waals surface area contributed by atoms with Crippen molar-refractivity contribution in [1.29, 1.82) is 0 Å². The van der Waals surface area contributed by atoms with Gasteiger partial charge < -0.3 is 4.74 Å². The van der Waals surface area contributed by atoms with Crippen LogP contribution in [-0.4, -0.2) is 23.0 Å². The highest BCUT2D eigenvalue weighted by atomic mass is 35.5. The molecular formula is C16H7ClO5. The van der Waals surface area contributed by atoms with Gasteiger partial charge in [0.15, 0.2) is 5.78 Å². The van der Waals surface area contributed by atoms with Gasteiger partial charge in [0.2, 0.25) is 0 Å². The number of ketones is 1. The van der Waals surface area contributed by atoms with E-state index >= 15 is 0 Å². The number of esters is 2. The molecule has 0 aliphatic carbocycles. The molecule has 0 fully saturated rings. The molecule has 3 rings (SSSR count). The average Bonchev–Trinajstić information content (AvgIpc) is 2.81. The lowest BCUT2D eigenvalue weighted by Gasteiger charge is -2.07. The van der Waals surface area contributed by atoms with E-state index in [-0.39, 0.29) is 27.8 Å². The van der Waals surface area contributed by atoms with Crippen molar-refractivity contribution in [2.45, 2.75) is 0 Å². The Balaban J connectivity index is 2.19. The molecule has 1 heterocycles.